The van der Waals surface area contributed by atoms with Crippen molar-refractivity contribution in [2.24, 2.45) is 0 Å². The van der Waals surface area contributed by atoms with E-state index < -0.39 is 0 Å². The summed E-state index contributed by atoms with van der Waals surface area (Å²) in [6, 6.07) is 16.3. The Labute approximate surface area is 150 Å². The Hall–Kier alpha value is -3.41. The predicted octanol–water partition coefficient (Wildman–Crippen LogP) is 3.02. The highest BCUT2D eigenvalue weighted by Gasteiger charge is 2.23. The lowest BCUT2D eigenvalue weighted by Crippen LogP contribution is -2.25. The fourth-order valence-corrected chi connectivity index (χ4v) is 2.62. The molecule has 0 saturated heterocycles. The number of benzene rings is 2. The molecule has 1 saturated carbocycles. The van der Waals surface area contributed by atoms with Crippen LogP contribution in [0.5, 0.6) is 0 Å². The van der Waals surface area contributed by atoms with Gasteiger partial charge in [-0.15, -0.1) is 0 Å². The molecule has 0 atom stereocenters. The van der Waals surface area contributed by atoms with Gasteiger partial charge < -0.3 is 10.6 Å². The number of anilines is 1. The van der Waals surface area contributed by atoms with Crippen molar-refractivity contribution in [2.75, 3.05) is 5.32 Å². The molecule has 0 radical (unpaired) electrons. The molecule has 4 rings (SSSR count). The normalized spacial score (nSPS) is 13.2. The van der Waals surface area contributed by atoms with Gasteiger partial charge in [0.2, 0.25) is 0 Å². The van der Waals surface area contributed by atoms with Crippen LogP contribution in [0.3, 0.4) is 0 Å². The second-order valence-corrected chi connectivity index (χ2v) is 6.28. The van der Waals surface area contributed by atoms with E-state index in [-0.39, 0.29) is 11.8 Å². The molecule has 1 aliphatic carbocycles. The topological polar surface area (TPSA) is 76.0 Å². The summed E-state index contributed by atoms with van der Waals surface area (Å²) in [6.45, 7) is 0. The predicted molar refractivity (Wildman–Crippen MR) is 98.4 cm³/mol. The molecule has 1 aromatic heterocycles. The van der Waals surface area contributed by atoms with Gasteiger partial charge in [0, 0.05) is 35.2 Å². The highest BCUT2D eigenvalue weighted by molar-refractivity contribution is 6.05. The van der Waals surface area contributed by atoms with Crippen LogP contribution in [-0.4, -0.2) is 27.6 Å². The van der Waals surface area contributed by atoms with E-state index in [1.807, 2.05) is 24.4 Å². The van der Waals surface area contributed by atoms with Gasteiger partial charge in [-0.05, 0) is 61.4 Å². The highest BCUT2D eigenvalue weighted by Crippen LogP contribution is 2.20. The number of amides is 2. The maximum absolute atomic E-state index is 12.4. The molecular weight excluding hydrogens is 328 g/mol. The number of hydrogen-bond donors (Lipinski definition) is 2. The van der Waals surface area contributed by atoms with Crippen LogP contribution in [-0.2, 0) is 0 Å². The van der Waals surface area contributed by atoms with E-state index in [1.165, 1.54) is 0 Å². The lowest BCUT2D eigenvalue weighted by atomic mass is 10.1. The Morgan fingerprint density at radius 1 is 0.962 bits per heavy atom. The summed E-state index contributed by atoms with van der Waals surface area (Å²) >= 11 is 0. The zero-order chi connectivity index (χ0) is 17.9. The minimum atomic E-state index is -0.225. The second kappa shape index (κ2) is 6.84. The summed E-state index contributed by atoms with van der Waals surface area (Å²) in [5.74, 6) is -0.330. The molecule has 6 heteroatoms. The zero-order valence-electron chi connectivity index (χ0n) is 14.1. The Morgan fingerprint density at radius 2 is 1.77 bits per heavy atom. The first-order chi connectivity index (χ1) is 12.7. The van der Waals surface area contributed by atoms with E-state index in [1.54, 1.807) is 47.3 Å². The van der Waals surface area contributed by atoms with Crippen LogP contribution in [0.25, 0.3) is 5.69 Å². The van der Waals surface area contributed by atoms with Gasteiger partial charge in [0.25, 0.3) is 11.8 Å². The van der Waals surface area contributed by atoms with Gasteiger partial charge in [-0.2, -0.15) is 5.10 Å². The van der Waals surface area contributed by atoms with Crippen LogP contribution in [0.15, 0.2) is 67.0 Å². The van der Waals surface area contributed by atoms with Crippen LogP contribution in [0.4, 0.5) is 5.69 Å². The first kappa shape index (κ1) is 16.1. The van der Waals surface area contributed by atoms with E-state index in [9.17, 15) is 9.59 Å². The standard InChI is InChI=1S/C20H18N4O2/c25-19(14-5-9-18(10-6-14)24-12-2-11-21-24)23-17-4-1-3-15(13-17)20(26)22-16-7-8-16/h1-6,9-13,16H,7-8H2,(H,22,26)(H,23,25). The first-order valence-corrected chi connectivity index (χ1v) is 8.51. The number of carbonyl (C=O) groups excluding carboxylic acids is 2. The van der Waals surface area contributed by atoms with E-state index in [4.69, 9.17) is 0 Å². The van der Waals surface area contributed by atoms with Crippen molar-refractivity contribution in [3.63, 3.8) is 0 Å². The molecular formula is C20H18N4O2. The minimum absolute atomic E-state index is 0.104. The fraction of sp³-hybridized carbons (Fsp3) is 0.150. The molecule has 26 heavy (non-hydrogen) atoms. The Bertz CT molecular complexity index is 929. The summed E-state index contributed by atoms with van der Waals surface area (Å²) in [7, 11) is 0. The average molecular weight is 346 g/mol. The third-order valence-corrected chi connectivity index (χ3v) is 4.19. The van der Waals surface area contributed by atoms with Crippen molar-refractivity contribution in [3.05, 3.63) is 78.1 Å². The van der Waals surface area contributed by atoms with Crippen LogP contribution in [0.1, 0.15) is 33.6 Å². The lowest BCUT2D eigenvalue weighted by Gasteiger charge is -2.09. The van der Waals surface area contributed by atoms with Crippen molar-refractivity contribution in [1.29, 1.82) is 0 Å². The molecule has 1 fully saturated rings. The number of nitrogens with one attached hydrogen (secondary N) is 2. The zero-order valence-corrected chi connectivity index (χ0v) is 14.1. The second-order valence-electron chi connectivity index (χ2n) is 6.28. The van der Waals surface area contributed by atoms with Crippen LogP contribution >= 0.6 is 0 Å². The Kier molecular flexibility index (Phi) is 4.23. The molecule has 0 spiro atoms. The van der Waals surface area contributed by atoms with Crippen molar-refractivity contribution in [3.8, 4) is 5.69 Å². The number of nitrogens with zero attached hydrogens (tertiary/aromatic N) is 2. The molecule has 1 aliphatic rings. The van der Waals surface area contributed by atoms with Gasteiger partial charge in [-0.3, -0.25) is 9.59 Å². The highest BCUT2D eigenvalue weighted by atomic mass is 16.2. The van der Waals surface area contributed by atoms with Crippen molar-refractivity contribution in [1.82, 2.24) is 15.1 Å². The van der Waals surface area contributed by atoms with Crippen LogP contribution in [0, 0.1) is 0 Å². The largest absolute Gasteiger partial charge is 0.349 e. The van der Waals surface area contributed by atoms with E-state index in [2.05, 4.69) is 15.7 Å². The third-order valence-electron chi connectivity index (χ3n) is 4.19. The molecule has 0 unspecified atom stereocenters. The maximum Gasteiger partial charge on any atom is 0.255 e. The average Bonchev–Trinajstić information content (AvgIpc) is 3.31. The van der Waals surface area contributed by atoms with E-state index in [0.29, 0.717) is 22.9 Å². The molecule has 130 valence electrons. The number of hydrogen-bond acceptors (Lipinski definition) is 3. The lowest BCUT2D eigenvalue weighted by molar-refractivity contribution is 0.0949. The number of rotatable bonds is 5. The van der Waals surface area contributed by atoms with Gasteiger partial charge in [0.1, 0.15) is 0 Å². The summed E-state index contributed by atoms with van der Waals surface area (Å²) < 4.78 is 1.73. The first-order valence-electron chi connectivity index (χ1n) is 8.51. The number of carbonyl (C=O) groups is 2. The molecule has 2 N–H and O–H groups in total. The summed E-state index contributed by atoms with van der Waals surface area (Å²) in [5, 5.41) is 9.94. The summed E-state index contributed by atoms with van der Waals surface area (Å²) in [4.78, 5) is 24.6. The minimum Gasteiger partial charge on any atom is -0.349 e. The van der Waals surface area contributed by atoms with Gasteiger partial charge in [-0.1, -0.05) is 6.07 Å². The summed E-state index contributed by atoms with van der Waals surface area (Å²) in [6.07, 6.45) is 5.62. The molecule has 1 heterocycles. The van der Waals surface area contributed by atoms with E-state index in [0.717, 1.165) is 18.5 Å². The third kappa shape index (κ3) is 3.64. The molecule has 0 aliphatic heterocycles. The molecule has 2 aromatic carbocycles. The molecule has 2 amide bonds. The van der Waals surface area contributed by atoms with Gasteiger partial charge in [0.05, 0.1) is 5.69 Å². The SMILES string of the molecule is O=C(Nc1cccc(C(=O)NC2CC2)c1)c1ccc(-n2cccn2)cc1. The van der Waals surface area contributed by atoms with Crippen molar-refractivity contribution < 1.29 is 9.59 Å². The molecule has 3 aromatic rings. The summed E-state index contributed by atoms with van der Waals surface area (Å²) in [5.41, 5.74) is 2.55. The maximum atomic E-state index is 12.4. The Balaban J connectivity index is 1.45. The van der Waals surface area contributed by atoms with Crippen molar-refractivity contribution in [2.45, 2.75) is 18.9 Å². The molecule has 0 bridgehead atoms. The smallest absolute Gasteiger partial charge is 0.255 e. The van der Waals surface area contributed by atoms with Gasteiger partial charge in [0.15, 0.2) is 0 Å². The van der Waals surface area contributed by atoms with Crippen LogP contribution in [0.2, 0.25) is 0 Å². The van der Waals surface area contributed by atoms with Crippen LogP contribution < -0.4 is 10.6 Å². The molecule has 6 nitrogen and oxygen atoms in total. The van der Waals surface area contributed by atoms with Gasteiger partial charge in [-0.25, -0.2) is 4.68 Å². The Morgan fingerprint density at radius 3 is 2.46 bits per heavy atom. The quantitative estimate of drug-likeness (QED) is 0.746. The van der Waals surface area contributed by atoms with Gasteiger partial charge >= 0.3 is 0 Å². The monoisotopic (exact) mass is 346 g/mol. The number of aromatic nitrogens is 2. The van der Waals surface area contributed by atoms with E-state index >= 15 is 0 Å². The fourth-order valence-electron chi connectivity index (χ4n) is 2.62. The van der Waals surface area contributed by atoms with Crippen molar-refractivity contribution >= 4 is 17.5 Å².